The smallest absolute Gasteiger partial charge is 0.329 e. The molecule has 0 aromatic carbocycles. The molecule has 2 heterocycles. The summed E-state index contributed by atoms with van der Waals surface area (Å²) < 4.78 is 0. The van der Waals surface area contributed by atoms with E-state index in [1.165, 1.54) is 6.20 Å². The number of hydrogen-bond acceptors (Lipinski definition) is 7. The first-order valence-electron chi connectivity index (χ1n) is 6.71. The molecule has 8 nitrogen and oxygen atoms in total. The molecule has 0 spiro atoms. The number of nitrogens with zero attached hydrogens (tertiary/aromatic N) is 4. The molecule has 20 heavy (non-hydrogen) atoms. The maximum Gasteiger partial charge on any atom is 0.329 e. The average Bonchev–Trinajstić information content (AvgIpc) is 2.42. The zero-order valence-electron chi connectivity index (χ0n) is 11.6. The number of nitro groups is 1. The molecule has 1 aliphatic rings. The Balaban J connectivity index is 2.32. The second-order valence-corrected chi connectivity index (χ2v) is 4.97. The largest absolute Gasteiger partial charge is 0.393 e. The van der Waals surface area contributed by atoms with Crippen molar-refractivity contribution in [3.8, 4) is 0 Å². The molecule has 1 saturated heterocycles. The van der Waals surface area contributed by atoms with Gasteiger partial charge in [-0.25, -0.2) is 4.98 Å². The van der Waals surface area contributed by atoms with Gasteiger partial charge in [0.25, 0.3) is 0 Å². The fourth-order valence-corrected chi connectivity index (χ4v) is 2.30. The highest BCUT2D eigenvalue weighted by molar-refractivity contribution is 5.59. The second-order valence-electron chi connectivity index (χ2n) is 4.97. The SMILES string of the molecule is CCNc1ncc([N+](=O)[O-])c(N2CCC(O)C(C)C2)n1. The molecule has 0 saturated carbocycles. The number of rotatable bonds is 4. The van der Waals surface area contributed by atoms with Gasteiger partial charge >= 0.3 is 5.69 Å². The van der Waals surface area contributed by atoms with E-state index in [0.717, 1.165) is 0 Å². The van der Waals surface area contributed by atoms with Crippen LogP contribution in [0.4, 0.5) is 17.5 Å². The minimum atomic E-state index is -0.471. The Labute approximate surface area is 117 Å². The third-order valence-electron chi connectivity index (χ3n) is 3.44. The lowest BCUT2D eigenvalue weighted by molar-refractivity contribution is -0.384. The van der Waals surface area contributed by atoms with E-state index in [4.69, 9.17) is 0 Å². The summed E-state index contributed by atoms with van der Waals surface area (Å²) in [7, 11) is 0. The Morgan fingerprint density at radius 3 is 3.00 bits per heavy atom. The first-order valence-corrected chi connectivity index (χ1v) is 6.71. The van der Waals surface area contributed by atoms with Gasteiger partial charge in [-0.3, -0.25) is 10.1 Å². The van der Waals surface area contributed by atoms with Crippen molar-refractivity contribution in [2.45, 2.75) is 26.4 Å². The summed E-state index contributed by atoms with van der Waals surface area (Å²) in [6.45, 7) is 5.57. The molecule has 1 aromatic rings. The Hall–Kier alpha value is -1.96. The molecule has 110 valence electrons. The Kier molecular flexibility index (Phi) is 4.33. The summed E-state index contributed by atoms with van der Waals surface area (Å²) in [6, 6.07) is 0. The Morgan fingerprint density at radius 2 is 2.40 bits per heavy atom. The quantitative estimate of drug-likeness (QED) is 0.627. The maximum absolute atomic E-state index is 11.1. The van der Waals surface area contributed by atoms with Crippen LogP contribution in [0.5, 0.6) is 0 Å². The van der Waals surface area contributed by atoms with Crippen LogP contribution < -0.4 is 10.2 Å². The lowest BCUT2D eigenvalue weighted by Crippen LogP contribution is -2.42. The highest BCUT2D eigenvalue weighted by atomic mass is 16.6. The highest BCUT2D eigenvalue weighted by Crippen LogP contribution is 2.29. The van der Waals surface area contributed by atoms with Crippen molar-refractivity contribution in [1.82, 2.24) is 9.97 Å². The molecule has 0 amide bonds. The van der Waals surface area contributed by atoms with Crippen molar-refractivity contribution >= 4 is 17.5 Å². The van der Waals surface area contributed by atoms with Crippen LogP contribution in [0.15, 0.2) is 6.20 Å². The topological polar surface area (TPSA) is 104 Å². The van der Waals surface area contributed by atoms with Gasteiger partial charge in [-0.05, 0) is 19.3 Å². The van der Waals surface area contributed by atoms with Crippen LogP contribution in [0.1, 0.15) is 20.3 Å². The van der Waals surface area contributed by atoms with Crippen molar-refractivity contribution in [3.63, 3.8) is 0 Å². The molecule has 8 heteroatoms. The van der Waals surface area contributed by atoms with Crippen molar-refractivity contribution in [1.29, 1.82) is 0 Å². The van der Waals surface area contributed by atoms with Crippen LogP contribution in [-0.2, 0) is 0 Å². The van der Waals surface area contributed by atoms with Crippen LogP contribution in [0.3, 0.4) is 0 Å². The first kappa shape index (κ1) is 14.4. The van der Waals surface area contributed by atoms with E-state index < -0.39 is 4.92 Å². The third kappa shape index (κ3) is 2.96. The third-order valence-corrected chi connectivity index (χ3v) is 3.44. The van der Waals surface area contributed by atoms with Gasteiger partial charge in [-0.1, -0.05) is 6.92 Å². The number of aliphatic hydroxyl groups is 1. The number of piperidine rings is 1. The van der Waals surface area contributed by atoms with Gasteiger partial charge in [0, 0.05) is 19.6 Å². The van der Waals surface area contributed by atoms with Crippen LogP contribution in [-0.4, -0.2) is 45.7 Å². The lowest BCUT2D eigenvalue weighted by Gasteiger charge is -2.34. The Bertz CT molecular complexity index is 496. The number of aromatic nitrogens is 2. The molecule has 2 N–H and O–H groups in total. The van der Waals surface area contributed by atoms with Crippen LogP contribution in [0.25, 0.3) is 0 Å². The molecule has 2 unspecified atom stereocenters. The number of nitrogens with one attached hydrogen (secondary N) is 1. The molecule has 1 aromatic heterocycles. The van der Waals surface area contributed by atoms with Gasteiger partial charge in [0.1, 0.15) is 6.20 Å². The first-order chi connectivity index (χ1) is 9.52. The van der Waals surface area contributed by atoms with Crippen LogP contribution in [0.2, 0.25) is 0 Å². The van der Waals surface area contributed by atoms with E-state index in [1.54, 1.807) is 0 Å². The summed E-state index contributed by atoms with van der Waals surface area (Å²) in [5, 5.41) is 23.8. The number of anilines is 2. The van der Waals surface area contributed by atoms with Gasteiger partial charge in [-0.2, -0.15) is 4.98 Å². The van der Waals surface area contributed by atoms with Gasteiger partial charge in [0.2, 0.25) is 11.8 Å². The minimum Gasteiger partial charge on any atom is -0.393 e. The van der Waals surface area contributed by atoms with E-state index in [0.29, 0.717) is 37.8 Å². The van der Waals surface area contributed by atoms with Crippen molar-refractivity contribution in [2.75, 3.05) is 29.9 Å². The van der Waals surface area contributed by atoms with E-state index in [-0.39, 0.29) is 17.7 Å². The molecule has 1 fully saturated rings. The molecular weight excluding hydrogens is 262 g/mol. The van der Waals surface area contributed by atoms with Crippen molar-refractivity contribution in [3.05, 3.63) is 16.3 Å². The molecule has 0 aliphatic carbocycles. The van der Waals surface area contributed by atoms with E-state index in [9.17, 15) is 15.2 Å². The molecule has 1 aliphatic heterocycles. The van der Waals surface area contributed by atoms with Crippen molar-refractivity contribution < 1.29 is 10.0 Å². The Morgan fingerprint density at radius 1 is 1.65 bits per heavy atom. The fraction of sp³-hybridized carbons (Fsp3) is 0.667. The molecule has 0 radical (unpaired) electrons. The molecule has 0 bridgehead atoms. The summed E-state index contributed by atoms with van der Waals surface area (Å²) in [5.74, 6) is 0.757. The zero-order valence-corrected chi connectivity index (χ0v) is 11.6. The van der Waals surface area contributed by atoms with Gasteiger partial charge < -0.3 is 15.3 Å². The van der Waals surface area contributed by atoms with E-state index >= 15 is 0 Å². The van der Waals surface area contributed by atoms with Crippen LogP contribution >= 0.6 is 0 Å². The second kappa shape index (κ2) is 6.00. The average molecular weight is 281 g/mol. The summed E-state index contributed by atoms with van der Waals surface area (Å²) in [5.41, 5.74) is -0.102. The van der Waals surface area contributed by atoms with Crippen molar-refractivity contribution in [2.24, 2.45) is 5.92 Å². The van der Waals surface area contributed by atoms with Crippen LogP contribution in [0, 0.1) is 16.0 Å². The number of hydrogen-bond donors (Lipinski definition) is 2. The lowest BCUT2D eigenvalue weighted by atomic mass is 9.97. The molecular formula is C12H19N5O3. The van der Waals surface area contributed by atoms with Gasteiger partial charge in [0.15, 0.2) is 0 Å². The fourth-order valence-electron chi connectivity index (χ4n) is 2.30. The predicted molar refractivity (Wildman–Crippen MR) is 74.9 cm³/mol. The van der Waals surface area contributed by atoms with Gasteiger partial charge in [0.05, 0.1) is 11.0 Å². The van der Waals surface area contributed by atoms with Gasteiger partial charge in [-0.15, -0.1) is 0 Å². The molecule has 2 atom stereocenters. The molecule has 2 rings (SSSR count). The number of aliphatic hydroxyl groups excluding tert-OH is 1. The van der Waals surface area contributed by atoms with E-state index in [1.807, 2.05) is 18.7 Å². The summed E-state index contributed by atoms with van der Waals surface area (Å²) in [4.78, 5) is 20.7. The standard InChI is InChI=1S/C12H19N5O3/c1-3-13-12-14-6-9(17(19)20)11(15-12)16-5-4-10(18)8(2)7-16/h6,8,10,18H,3-5,7H2,1-2H3,(H,13,14,15). The zero-order chi connectivity index (χ0) is 14.7. The predicted octanol–water partition coefficient (Wildman–Crippen LogP) is 1.02. The minimum absolute atomic E-state index is 0.0564. The summed E-state index contributed by atoms with van der Waals surface area (Å²) >= 11 is 0. The van der Waals surface area contributed by atoms with E-state index in [2.05, 4.69) is 15.3 Å². The monoisotopic (exact) mass is 281 g/mol. The maximum atomic E-state index is 11.1. The normalized spacial score (nSPS) is 22.6. The highest BCUT2D eigenvalue weighted by Gasteiger charge is 2.30. The summed E-state index contributed by atoms with van der Waals surface area (Å²) in [6.07, 6.45) is 1.45.